The normalized spacial score (nSPS) is 11.2. The Kier molecular flexibility index (Phi) is 6.59. The highest BCUT2D eigenvalue weighted by molar-refractivity contribution is 7.80. The van der Waals surface area contributed by atoms with Crippen molar-refractivity contribution in [3.05, 3.63) is 59.7 Å². The molecule has 1 atom stereocenters. The molecule has 0 aliphatic rings. The van der Waals surface area contributed by atoms with Gasteiger partial charge in [0.1, 0.15) is 12.4 Å². The number of ether oxygens (including phenoxy) is 1. The first-order valence-corrected chi connectivity index (χ1v) is 8.20. The average Bonchev–Trinajstić information content (AvgIpc) is 2.56. The van der Waals surface area contributed by atoms with Crippen molar-refractivity contribution in [3.63, 3.8) is 0 Å². The fourth-order valence-corrected chi connectivity index (χ4v) is 2.40. The maximum Gasteiger partial charge on any atom is 0.171 e. The van der Waals surface area contributed by atoms with E-state index in [1.165, 1.54) is 5.56 Å². The Morgan fingerprint density at radius 2 is 1.83 bits per heavy atom. The summed E-state index contributed by atoms with van der Waals surface area (Å²) in [6, 6.07) is 17.8. The number of nitrogens with one attached hydrogen (secondary N) is 2. The molecule has 0 saturated carbocycles. The SMILES string of the molecule is Cc1ccc(OC[C@@H](C)NC(=S)Nc2ccc(CC#N)cc2)cc1. The van der Waals surface area contributed by atoms with E-state index in [4.69, 9.17) is 22.2 Å². The zero-order chi connectivity index (χ0) is 17.4. The van der Waals surface area contributed by atoms with Gasteiger partial charge in [-0.25, -0.2) is 0 Å². The second kappa shape index (κ2) is 8.90. The van der Waals surface area contributed by atoms with E-state index in [2.05, 4.69) is 16.7 Å². The van der Waals surface area contributed by atoms with Gasteiger partial charge < -0.3 is 15.4 Å². The molecule has 0 aliphatic carbocycles. The van der Waals surface area contributed by atoms with Crippen molar-refractivity contribution in [2.24, 2.45) is 0 Å². The minimum Gasteiger partial charge on any atom is -0.491 e. The van der Waals surface area contributed by atoms with Crippen molar-refractivity contribution in [3.8, 4) is 11.8 Å². The summed E-state index contributed by atoms with van der Waals surface area (Å²) in [6.07, 6.45) is 0.413. The zero-order valence-electron chi connectivity index (χ0n) is 13.9. The number of anilines is 1. The van der Waals surface area contributed by atoms with Crippen LogP contribution in [0.25, 0.3) is 0 Å². The highest BCUT2D eigenvalue weighted by atomic mass is 32.1. The van der Waals surface area contributed by atoms with E-state index < -0.39 is 0 Å². The maximum atomic E-state index is 8.67. The second-order valence-electron chi connectivity index (χ2n) is 5.66. The van der Waals surface area contributed by atoms with E-state index in [9.17, 15) is 0 Å². The van der Waals surface area contributed by atoms with E-state index in [0.29, 0.717) is 18.1 Å². The molecule has 0 unspecified atom stereocenters. The Hall–Kier alpha value is -2.58. The molecule has 24 heavy (non-hydrogen) atoms. The summed E-state index contributed by atoms with van der Waals surface area (Å²) >= 11 is 5.31. The minimum atomic E-state index is 0.0733. The average molecular weight is 339 g/mol. The van der Waals surface area contributed by atoms with Crippen molar-refractivity contribution in [1.29, 1.82) is 5.26 Å². The minimum absolute atomic E-state index is 0.0733. The van der Waals surface area contributed by atoms with E-state index >= 15 is 0 Å². The number of nitriles is 1. The smallest absolute Gasteiger partial charge is 0.171 e. The van der Waals surface area contributed by atoms with E-state index in [1.807, 2.05) is 62.4 Å². The quantitative estimate of drug-likeness (QED) is 0.784. The summed E-state index contributed by atoms with van der Waals surface area (Å²) in [5, 5.41) is 15.5. The van der Waals surface area contributed by atoms with Crippen LogP contribution >= 0.6 is 12.2 Å². The lowest BCUT2D eigenvalue weighted by Crippen LogP contribution is -2.39. The lowest BCUT2D eigenvalue weighted by Gasteiger charge is -2.18. The first kappa shape index (κ1) is 17.8. The molecule has 0 bridgehead atoms. The molecule has 2 aromatic rings. The molecule has 0 saturated heterocycles. The van der Waals surface area contributed by atoms with Gasteiger partial charge >= 0.3 is 0 Å². The summed E-state index contributed by atoms with van der Waals surface area (Å²) in [6.45, 7) is 4.58. The van der Waals surface area contributed by atoms with E-state index in [0.717, 1.165) is 17.0 Å². The maximum absolute atomic E-state index is 8.67. The Morgan fingerprint density at radius 1 is 1.17 bits per heavy atom. The molecule has 5 heteroatoms. The van der Waals surface area contributed by atoms with Gasteiger partial charge in [-0.1, -0.05) is 29.8 Å². The number of benzene rings is 2. The number of hydrogen-bond acceptors (Lipinski definition) is 3. The van der Waals surface area contributed by atoms with Crippen LogP contribution in [0.1, 0.15) is 18.1 Å². The lowest BCUT2D eigenvalue weighted by molar-refractivity contribution is 0.287. The summed E-state index contributed by atoms with van der Waals surface area (Å²) in [5.41, 5.74) is 3.09. The van der Waals surface area contributed by atoms with Gasteiger partial charge in [0.05, 0.1) is 18.5 Å². The van der Waals surface area contributed by atoms with Crippen LogP contribution in [-0.4, -0.2) is 17.8 Å². The third-order valence-corrected chi connectivity index (χ3v) is 3.61. The summed E-state index contributed by atoms with van der Waals surface area (Å²) in [7, 11) is 0. The van der Waals surface area contributed by atoms with Crippen molar-refractivity contribution in [1.82, 2.24) is 5.32 Å². The molecule has 0 fully saturated rings. The van der Waals surface area contributed by atoms with E-state index in [-0.39, 0.29) is 6.04 Å². The summed E-state index contributed by atoms with van der Waals surface area (Å²) in [4.78, 5) is 0. The number of rotatable bonds is 6. The molecular weight excluding hydrogens is 318 g/mol. The summed E-state index contributed by atoms with van der Waals surface area (Å²) in [5.74, 6) is 0.848. The number of thiocarbonyl (C=S) groups is 1. The first-order chi connectivity index (χ1) is 11.6. The van der Waals surface area contributed by atoms with E-state index in [1.54, 1.807) is 0 Å². The van der Waals surface area contributed by atoms with Gasteiger partial charge in [0.2, 0.25) is 0 Å². The highest BCUT2D eigenvalue weighted by Crippen LogP contribution is 2.12. The van der Waals surface area contributed by atoms with Crippen molar-refractivity contribution in [2.75, 3.05) is 11.9 Å². The molecule has 0 heterocycles. The fourth-order valence-electron chi connectivity index (χ4n) is 2.09. The second-order valence-corrected chi connectivity index (χ2v) is 6.06. The van der Waals surface area contributed by atoms with Crippen molar-refractivity contribution < 1.29 is 4.74 Å². The van der Waals surface area contributed by atoms with Crippen LogP contribution in [0.3, 0.4) is 0 Å². The molecule has 2 N–H and O–H groups in total. The van der Waals surface area contributed by atoms with Crippen LogP contribution < -0.4 is 15.4 Å². The largest absolute Gasteiger partial charge is 0.491 e. The van der Waals surface area contributed by atoms with Crippen LogP contribution in [0.2, 0.25) is 0 Å². The van der Waals surface area contributed by atoms with Gasteiger partial charge in [-0.2, -0.15) is 5.26 Å². The highest BCUT2D eigenvalue weighted by Gasteiger charge is 2.06. The Balaban J connectivity index is 1.76. The molecule has 0 amide bonds. The van der Waals surface area contributed by atoms with Crippen molar-refractivity contribution in [2.45, 2.75) is 26.3 Å². The van der Waals surface area contributed by atoms with Crippen LogP contribution in [0.5, 0.6) is 5.75 Å². The lowest BCUT2D eigenvalue weighted by atomic mass is 10.1. The third-order valence-electron chi connectivity index (χ3n) is 3.39. The standard InChI is InChI=1S/C19H21N3OS/c1-14-3-9-18(10-4-14)23-13-15(2)21-19(24)22-17-7-5-16(6-8-17)11-12-20/h3-10,15H,11,13H2,1-2H3,(H2,21,22,24)/t15-/m1/s1. The molecule has 2 aromatic carbocycles. The molecule has 0 radical (unpaired) electrons. The van der Waals surface area contributed by atoms with Gasteiger partial charge in [0.25, 0.3) is 0 Å². The van der Waals surface area contributed by atoms with Crippen molar-refractivity contribution >= 4 is 23.0 Å². The number of aryl methyl sites for hydroxylation is 1. The Bertz CT molecular complexity index is 705. The molecule has 0 spiro atoms. The Morgan fingerprint density at radius 3 is 2.46 bits per heavy atom. The zero-order valence-corrected chi connectivity index (χ0v) is 14.7. The molecule has 124 valence electrons. The molecule has 2 rings (SSSR count). The summed E-state index contributed by atoms with van der Waals surface area (Å²) < 4.78 is 5.74. The predicted octanol–water partition coefficient (Wildman–Crippen LogP) is 3.82. The Labute approximate surface area is 148 Å². The first-order valence-electron chi connectivity index (χ1n) is 7.79. The monoisotopic (exact) mass is 339 g/mol. The van der Waals surface area contributed by atoms with Crippen LogP contribution in [0.4, 0.5) is 5.69 Å². The molecule has 0 aliphatic heterocycles. The van der Waals surface area contributed by atoms with Gasteiger partial charge in [0, 0.05) is 5.69 Å². The fraction of sp³-hybridized carbons (Fsp3) is 0.263. The van der Waals surface area contributed by atoms with Gasteiger partial charge in [-0.3, -0.25) is 0 Å². The third kappa shape index (κ3) is 5.90. The molecule has 4 nitrogen and oxygen atoms in total. The topological polar surface area (TPSA) is 57.1 Å². The van der Waals surface area contributed by atoms with Crippen LogP contribution in [0.15, 0.2) is 48.5 Å². The van der Waals surface area contributed by atoms with Gasteiger partial charge in [-0.15, -0.1) is 0 Å². The van der Waals surface area contributed by atoms with Gasteiger partial charge in [-0.05, 0) is 55.9 Å². The van der Waals surface area contributed by atoms with Crippen LogP contribution in [0, 0.1) is 18.3 Å². The van der Waals surface area contributed by atoms with Crippen LogP contribution in [-0.2, 0) is 6.42 Å². The predicted molar refractivity (Wildman–Crippen MR) is 101 cm³/mol. The number of nitrogens with zero attached hydrogens (tertiary/aromatic N) is 1. The molecular formula is C19H21N3OS. The van der Waals surface area contributed by atoms with Gasteiger partial charge in [0.15, 0.2) is 5.11 Å². The molecule has 0 aromatic heterocycles. The number of hydrogen-bond donors (Lipinski definition) is 2.